The molecule has 2 heterocycles. The second-order valence-corrected chi connectivity index (χ2v) is 5.15. The van der Waals surface area contributed by atoms with Crippen molar-refractivity contribution in [1.29, 1.82) is 0 Å². The van der Waals surface area contributed by atoms with Gasteiger partial charge in [-0.25, -0.2) is 0 Å². The number of ketones is 1. The Morgan fingerprint density at radius 2 is 2.06 bits per heavy atom. The number of rotatable bonds is 1. The van der Waals surface area contributed by atoms with Gasteiger partial charge in [-0.05, 0) is 44.2 Å². The van der Waals surface area contributed by atoms with Crippen LogP contribution in [-0.4, -0.2) is 11.4 Å². The summed E-state index contributed by atoms with van der Waals surface area (Å²) in [5.41, 5.74) is 1.12. The van der Waals surface area contributed by atoms with E-state index in [1.807, 2.05) is 44.2 Å². The van der Waals surface area contributed by atoms with Crippen LogP contribution in [0.4, 0.5) is 0 Å². The Hall–Kier alpha value is -2.03. The minimum Gasteiger partial charge on any atom is -0.487 e. The second-order valence-electron chi connectivity index (χ2n) is 5.15. The summed E-state index contributed by atoms with van der Waals surface area (Å²) in [6.07, 6.45) is 2.03. The number of carbonyl (C=O) groups is 1. The van der Waals surface area contributed by atoms with E-state index in [0.29, 0.717) is 17.7 Å². The van der Waals surface area contributed by atoms with Gasteiger partial charge >= 0.3 is 0 Å². The Morgan fingerprint density at radius 1 is 1.22 bits per heavy atom. The monoisotopic (exact) mass is 242 g/mol. The molecule has 1 aliphatic rings. The lowest BCUT2D eigenvalue weighted by molar-refractivity contribution is 0.0620. The van der Waals surface area contributed by atoms with E-state index in [4.69, 9.17) is 9.15 Å². The molecule has 1 aliphatic heterocycles. The van der Waals surface area contributed by atoms with E-state index in [1.54, 1.807) is 6.26 Å². The summed E-state index contributed by atoms with van der Waals surface area (Å²) in [6, 6.07) is 9.29. The first-order chi connectivity index (χ1) is 8.55. The zero-order valence-electron chi connectivity index (χ0n) is 10.4. The fraction of sp³-hybridized carbons (Fsp3) is 0.267. The number of Topliss-reactive ketones (excluding diaryl/α,β-unsaturated/α-hetero) is 1. The van der Waals surface area contributed by atoms with Crippen molar-refractivity contribution in [2.45, 2.75) is 25.9 Å². The van der Waals surface area contributed by atoms with Crippen LogP contribution < -0.4 is 4.74 Å². The Balaban J connectivity index is 2.07. The molecular weight excluding hydrogens is 228 g/mol. The normalized spacial score (nSPS) is 17.1. The van der Waals surface area contributed by atoms with Gasteiger partial charge in [-0.3, -0.25) is 4.79 Å². The summed E-state index contributed by atoms with van der Waals surface area (Å²) in [5.74, 6) is 1.54. The molecular formula is C15H14O3. The predicted octanol–water partition coefficient (Wildman–Crippen LogP) is 3.69. The maximum Gasteiger partial charge on any atom is 0.170 e. The van der Waals surface area contributed by atoms with Gasteiger partial charge in [0.1, 0.15) is 17.1 Å². The highest BCUT2D eigenvalue weighted by Gasteiger charge is 2.32. The molecule has 1 aromatic heterocycles. The van der Waals surface area contributed by atoms with Crippen molar-refractivity contribution in [3.63, 3.8) is 0 Å². The molecule has 1 aromatic carbocycles. The zero-order valence-corrected chi connectivity index (χ0v) is 10.4. The maximum absolute atomic E-state index is 12.1. The molecule has 0 fully saturated rings. The van der Waals surface area contributed by atoms with E-state index in [2.05, 4.69) is 0 Å². The highest BCUT2D eigenvalue weighted by molar-refractivity contribution is 6.01. The Morgan fingerprint density at radius 3 is 2.78 bits per heavy atom. The van der Waals surface area contributed by atoms with Gasteiger partial charge in [0, 0.05) is 5.56 Å². The topological polar surface area (TPSA) is 39.4 Å². The first-order valence-corrected chi connectivity index (χ1v) is 5.95. The van der Waals surface area contributed by atoms with E-state index in [9.17, 15) is 4.79 Å². The van der Waals surface area contributed by atoms with Crippen LogP contribution in [0.15, 0.2) is 41.0 Å². The van der Waals surface area contributed by atoms with E-state index >= 15 is 0 Å². The van der Waals surface area contributed by atoms with Crippen molar-refractivity contribution in [3.05, 3.63) is 42.2 Å². The molecule has 0 saturated heterocycles. The van der Waals surface area contributed by atoms with Crippen LogP contribution in [-0.2, 0) is 0 Å². The molecule has 0 radical (unpaired) electrons. The maximum atomic E-state index is 12.1. The second kappa shape index (κ2) is 3.73. The van der Waals surface area contributed by atoms with E-state index < -0.39 is 5.60 Å². The molecule has 3 rings (SSSR count). The van der Waals surface area contributed by atoms with Crippen molar-refractivity contribution in [3.8, 4) is 17.1 Å². The van der Waals surface area contributed by atoms with Crippen LogP contribution in [0, 0.1) is 0 Å². The number of fused-ring (bicyclic) bond motifs is 1. The number of carbonyl (C=O) groups excluding carboxylic acids is 1. The minimum absolute atomic E-state index is 0.120. The summed E-state index contributed by atoms with van der Waals surface area (Å²) in [5, 5.41) is 0. The van der Waals surface area contributed by atoms with E-state index in [-0.39, 0.29) is 5.78 Å². The molecule has 92 valence electrons. The van der Waals surface area contributed by atoms with Gasteiger partial charge in [-0.1, -0.05) is 0 Å². The van der Waals surface area contributed by atoms with Gasteiger partial charge in [0.15, 0.2) is 5.78 Å². The number of hydrogen-bond donors (Lipinski definition) is 0. The van der Waals surface area contributed by atoms with Gasteiger partial charge in [0.05, 0.1) is 18.2 Å². The van der Waals surface area contributed by atoms with Crippen LogP contribution in [0.25, 0.3) is 11.3 Å². The average Bonchev–Trinajstić information content (AvgIpc) is 2.80. The molecule has 0 spiro atoms. The van der Waals surface area contributed by atoms with Gasteiger partial charge < -0.3 is 9.15 Å². The molecule has 18 heavy (non-hydrogen) atoms. The third-order valence-corrected chi connectivity index (χ3v) is 3.06. The Kier molecular flexibility index (Phi) is 2.30. The average molecular weight is 242 g/mol. The summed E-state index contributed by atoms with van der Waals surface area (Å²) in [7, 11) is 0. The van der Waals surface area contributed by atoms with Crippen molar-refractivity contribution in [2.24, 2.45) is 0 Å². The first kappa shape index (κ1) is 11.1. The van der Waals surface area contributed by atoms with Gasteiger partial charge in [-0.15, -0.1) is 0 Å². The summed E-state index contributed by atoms with van der Waals surface area (Å²) < 4.78 is 11.1. The van der Waals surface area contributed by atoms with Crippen molar-refractivity contribution < 1.29 is 13.9 Å². The molecule has 0 atom stereocenters. The van der Waals surface area contributed by atoms with Crippen LogP contribution in [0.1, 0.15) is 30.6 Å². The van der Waals surface area contributed by atoms with Crippen LogP contribution in [0.5, 0.6) is 5.75 Å². The quantitative estimate of drug-likeness (QED) is 0.765. The largest absolute Gasteiger partial charge is 0.487 e. The van der Waals surface area contributed by atoms with Crippen LogP contribution >= 0.6 is 0 Å². The van der Waals surface area contributed by atoms with E-state index in [0.717, 1.165) is 11.3 Å². The standard InChI is InChI=1S/C15H14O3/c1-15(2)9-12(16)11-8-10(5-6-14(11)18-15)13-4-3-7-17-13/h3-8H,9H2,1-2H3. The molecule has 0 saturated carbocycles. The molecule has 0 N–H and O–H groups in total. The number of furan rings is 1. The third kappa shape index (κ3) is 1.82. The lowest BCUT2D eigenvalue weighted by Crippen LogP contribution is -2.35. The minimum atomic E-state index is -0.420. The SMILES string of the molecule is CC1(C)CC(=O)c2cc(-c3ccco3)ccc2O1. The highest BCUT2D eigenvalue weighted by atomic mass is 16.5. The molecule has 3 nitrogen and oxygen atoms in total. The highest BCUT2D eigenvalue weighted by Crippen LogP contribution is 2.35. The Bertz CT molecular complexity index is 594. The fourth-order valence-corrected chi connectivity index (χ4v) is 2.25. The smallest absolute Gasteiger partial charge is 0.170 e. The number of hydrogen-bond acceptors (Lipinski definition) is 3. The molecule has 0 amide bonds. The summed E-state index contributed by atoms with van der Waals surface area (Å²) >= 11 is 0. The summed E-state index contributed by atoms with van der Waals surface area (Å²) in [4.78, 5) is 12.1. The van der Waals surface area contributed by atoms with Gasteiger partial charge in [0.2, 0.25) is 0 Å². The number of ether oxygens (including phenoxy) is 1. The molecule has 2 aromatic rings. The fourth-order valence-electron chi connectivity index (χ4n) is 2.25. The van der Waals surface area contributed by atoms with Crippen molar-refractivity contribution in [2.75, 3.05) is 0 Å². The lowest BCUT2D eigenvalue weighted by atomic mass is 9.92. The number of benzene rings is 1. The predicted molar refractivity (Wildman–Crippen MR) is 67.8 cm³/mol. The van der Waals surface area contributed by atoms with Crippen LogP contribution in [0.2, 0.25) is 0 Å². The molecule has 3 heteroatoms. The molecule has 0 bridgehead atoms. The molecule has 0 unspecified atom stereocenters. The summed E-state index contributed by atoms with van der Waals surface area (Å²) in [6.45, 7) is 3.85. The van der Waals surface area contributed by atoms with Gasteiger partial charge in [-0.2, -0.15) is 0 Å². The first-order valence-electron chi connectivity index (χ1n) is 5.95. The third-order valence-electron chi connectivity index (χ3n) is 3.06. The van der Waals surface area contributed by atoms with Crippen molar-refractivity contribution >= 4 is 5.78 Å². The van der Waals surface area contributed by atoms with E-state index in [1.165, 1.54) is 0 Å². The lowest BCUT2D eigenvalue weighted by Gasteiger charge is -2.31. The zero-order chi connectivity index (χ0) is 12.8. The van der Waals surface area contributed by atoms with Gasteiger partial charge in [0.25, 0.3) is 0 Å². The molecule has 0 aliphatic carbocycles. The van der Waals surface area contributed by atoms with Crippen molar-refractivity contribution in [1.82, 2.24) is 0 Å². The Labute approximate surface area is 105 Å². The van der Waals surface area contributed by atoms with Crippen LogP contribution in [0.3, 0.4) is 0 Å².